The minimum absolute atomic E-state index is 0.0494. The van der Waals surface area contributed by atoms with Crippen LogP contribution in [-0.2, 0) is 15.2 Å². The number of fused-ring (bicyclic) bond motifs is 3. The van der Waals surface area contributed by atoms with Gasteiger partial charge in [-0.25, -0.2) is 0 Å². The fourth-order valence-corrected chi connectivity index (χ4v) is 5.68. The van der Waals surface area contributed by atoms with Crippen LogP contribution >= 0.6 is 25.3 Å². The summed E-state index contributed by atoms with van der Waals surface area (Å²) in [4.78, 5) is 39.9. The number of amides is 1. The summed E-state index contributed by atoms with van der Waals surface area (Å²) in [5, 5.41) is 63.3. The molecular weight excluding hydrogens is 536 g/mol. The molecule has 0 heterocycles. The van der Waals surface area contributed by atoms with E-state index in [1.165, 1.54) is 44.1 Å². The first kappa shape index (κ1) is 30.0. The minimum atomic E-state index is -2.75. The van der Waals surface area contributed by atoms with Gasteiger partial charge in [0.1, 0.15) is 22.8 Å². The van der Waals surface area contributed by atoms with E-state index in [1.54, 1.807) is 0 Å². The summed E-state index contributed by atoms with van der Waals surface area (Å²) in [7, 11) is 3.06. The summed E-state index contributed by atoms with van der Waals surface area (Å²) in [5.74, 6) is -7.25. The number of benzene rings is 1. The molecule has 208 valence electrons. The van der Waals surface area contributed by atoms with E-state index in [4.69, 9.17) is 10.8 Å². The lowest BCUT2D eigenvalue weighted by Crippen LogP contribution is -2.65. The SMILES string of the molecule is CN(C)[C@@H]1C(O)=C(C(N)=O)C(=O)[C@@]2(O)C(O)=C3C(=O)c4c(O)cccc4[C@@](C)(O)[C@H]3C[C@@H]12.OCC(S)CS. The largest absolute Gasteiger partial charge is 0.510 e. The Balaban J connectivity index is 0.000000599. The van der Waals surface area contributed by atoms with Crippen molar-refractivity contribution < 1.29 is 45.0 Å². The van der Waals surface area contributed by atoms with Crippen molar-refractivity contribution in [3.05, 3.63) is 52.0 Å². The summed E-state index contributed by atoms with van der Waals surface area (Å²) in [6.07, 6.45) is -0.200. The molecule has 0 saturated heterocycles. The van der Waals surface area contributed by atoms with Crippen molar-refractivity contribution in [1.29, 1.82) is 0 Å². The number of carbonyl (C=O) groups excluding carboxylic acids is 3. The molecule has 0 spiro atoms. The van der Waals surface area contributed by atoms with Gasteiger partial charge in [-0.2, -0.15) is 25.3 Å². The zero-order chi connectivity index (χ0) is 28.9. The van der Waals surface area contributed by atoms with Gasteiger partial charge >= 0.3 is 0 Å². The van der Waals surface area contributed by atoms with Gasteiger partial charge in [-0.1, -0.05) is 12.1 Å². The fraction of sp³-hybridized carbons (Fsp3) is 0.480. The number of aliphatic hydroxyl groups excluding tert-OH is 3. The van der Waals surface area contributed by atoms with Gasteiger partial charge in [-0.15, -0.1) is 0 Å². The van der Waals surface area contributed by atoms with Crippen LogP contribution in [0.1, 0.15) is 29.3 Å². The highest BCUT2D eigenvalue weighted by Crippen LogP contribution is 2.56. The molecule has 1 unspecified atom stereocenters. The number of ketones is 2. The normalized spacial score (nSPS) is 31.2. The average Bonchev–Trinajstić information content (AvgIpc) is 2.84. The highest BCUT2D eigenvalue weighted by molar-refractivity contribution is 7.84. The first-order valence-corrected chi connectivity index (χ1v) is 12.8. The molecule has 0 radical (unpaired) electrons. The van der Waals surface area contributed by atoms with Gasteiger partial charge in [-0.05, 0) is 39.1 Å². The van der Waals surface area contributed by atoms with Crippen molar-refractivity contribution in [2.24, 2.45) is 17.6 Å². The Hall–Kier alpha value is -2.55. The molecule has 8 N–H and O–H groups in total. The number of aliphatic hydroxyl groups is 5. The topological polar surface area (TPSA) is 202 Å². The summed E-state index contributed by atoms with van der Waals surface area (Å²) in [5.41, 5.74) is -0.654. The molecule has 1 aromatic rings. The minimum Gasteiger partial charge on any atom is -0.510 e. The highest BCUT2D eigenvalue weighted by atomic mass is 32.1. The number of thiol groups is 2. The second-order valence-electron chi connectivity index (χ2n) is 9.98. The molecule has 0 aliphatic heterocycles. The molecule has 0 saturated carbocycles. The summed E-state index contributed by atoms with van der Waals surface area (Å²) in [6, 6.07) is 3.05. The molecule has 1 amide bonds. The molecule has 6 atom stereocenters. The molecular formula is C25H32N2O9S2. The van der Waals surface area contributed by atoms with Crippen LogP contribution in [0, 0.1) is 11.8 Å². The number of primary amides is 1. The third-order valence-corrected chi connectivity index (χ3v) is 8.52. The Labute approximate surface area is 230 Å². The van der Waals surface area contributed by atoms with E-state index < -0.39 is 75.0 Å². The third-order valence-electron chi connectivity index (χ3n) is 7.44. The molecule has 3 aliphatic rings. The van der Waals surface area contributed by atoms with Crippen molar-refractivity contribution in [3.8, 4) is 5.75 Å². The monoisotopic (exact) mass is 568 g/mol. The number of phenolic OH excluding ortho intramolecular Hbond substituents is 1. The lowest BCUT2D eigenvalue weighted by atomic mass is 9.55. The number of Topliss-reactive ketones (excluding diaryl/α,β-unsaturated/α-hetero) is 2. The van der Waals surface area contributed by atoms with Gasteiger partial charge < -0.3 is 36.4 Å². The van der Waals surface area contributed by atoms with Crippen molar-refractivity contribution in [3.63, 3.8) is 0 Å². The van der Waals surface area contributed by atoms with Crippen LogP contribution in [0.15, 0.2) is 40.9 Å². The van der Waals surface area contributed by atoms with Crippen LogP contribution < -0.4 is 5.73 Å². The van der Waals surface area contributed by atoms with Gasteiger partial charge in [0.05, 0.1) is 23.8 Å². The number of likely N-dealkylation sites (N-methyl/N-ethyl adjacent to an activating group) is 1. The smallest absolute Gasteiger partial charge is 0.255 e. The predicted molar refractivity (Wildman–Crippen MR) is 143 cm³/mol. The predicted octanol–water partition coefficient (Wildman–Crippen LogP) is -0.00750. The number of nitrogens with zero attached hydrogens (tertiary/aromatic N) is 1. The van der Waals surface area contributed by atoms with Crippen molar-refractivity contribution in [1.82, 2.24) is 4.90 Å². The van der Waals surface area contributed by atoms with Gasteiger partial charge in [-0.3, -0.25) is 19.3 Å². The van der Waals surface area contributed by atoms with Gasteiger partial charge in [0.2, 0.25) is 5.78 Å². The van der Waals surface area contributed by atoms with Crippen molar-refractivity contribution in [2.75, 3.05) is 26.5 Å². The summed E-state index contributed by atoms with van der Waals surface area (Å²) >= 11 is 7.76. The Bertz CT molecular complexity index is 1240. The van der Waals surface area contributed by atoms with E-state index in [1.807, 2.05) is 0 Å². The number of hydrogen-bond acceptors (Lipinski definition) is 12. The second kappa shape index (κ2) is 10.5. The Morgan fingerprint density at radius 1 is 1.21 bits per heavy atom. The van der Waals surface area contributed by atoms with Crippen molar-refractivity contribution in [2.45, 2.75) is 35.8 Å². The molecule has 3 aliphatic carbocycles. The number of aromatic hydroxyl groups is 1. The highest BCUT2D eigenvalue weighted by Gasteiger charge is 2.65. The van der Waals surface area contributed by atoms with E-state index in [9.17, 15) is 39.9 Å². The average molecular weight is 569 g/mol. The maximum absolute atomic E-state index is 13.3. The second-order valence-corrected chi connectivity index (χ2v) is 11.1. The fourth-order valence-electron chi connectivity index (χ4n) is 5.57. The van der Waals surface area contributed by atoms with Crippen LogP contribution in [0.3, 0.4) is 0 Å². The lowest BCUT2D eigenvalue weighted by molar-refractivity contribution is -0.151. The Kier molecular flexibility index (Phi) is 8.33. The van der Waals surface area contributed by atoms with E-state index >= 15 is 0 Å². The Morgan fingerprint density at radius 3 is 2.29 bits per heavy atom. The number of carbonyl (C=O) groups is 3. The number of nitrogens with two attached hydrogens (primary N) is 1. The van der Waals surface area contributed by atoms with Crippen LogP contribution in [0.2, 0.25) is 0 Å². The zero-order valence-corrected chi connectivity index (χ0v) is 22.8. The standard InChI is InChI=1S/C22H24N2O8.C3H8OS2/c1-21(31)8-5-4-6-11(25)12(8)16(26)13-9(21)7-10-15(24(2)3)17(27)14(20(23)30)19(29)22(10,32)18(13)28;4-1-3(6)2-5/h4-6,9-10,15,25,27-28,31-32H,7H2,1-3H3,(H2,23,30);3-6H,1-2H2/t9-,10-,15-,21+,22-;/m0./s1. The van der Waals surface area contributed by atoms with Crippen LogP contribution in [-0.4, -0.2) is 96.4 Å². The molecule has 0 fully saturated rings. The quantitative estimate of drug-likeness (QED) is 0.176. The lowest BCUT2D eigenvalue weighted by Gasteiger charge is -2.52. The molecule has 0 aromatic heterocycles. The summed E-state index contributed by atoms with van der Waals surface area (Å²) < 4.78 is 0. The van der Waals surface area contributed by atoms with E-state index in [0.29, 0.717) is 5.75 Å². The Morgan fingerprint density at radius 2 is 1.82 bits per heavy atom. The maximum Gasteiger partial charge on any atom is 0.255 e. The van der Waals surface area contributed by atoms with Gasteiger partial charge in [0.15, 0.2) is 11.4 Å². The number of rotatable bonds is 4. The number of phenols is 1. The van der Waals surface area contributed by atoms with Gasteiger partial charge in [0, 0.05) is 28.4 Å². The number of hydrogen-bond donors (Lipinski definition) is 9. The van der Waals surface area contributed by atoms with Crippen LogP contribution in [0.4, 0.5) is 0 Å². The first-order chi connectivity index (χ1) is 17.6. The van der Waals surface area contributed by atoms with Crippen LogP contribution in [0.5, 0.6) is 5.75 Å². The molecule has 4 rings (SSSR count). The zero-order valence-electron chi connectivity index (χ0n) is 21.0. The van der Waals surface area contributed by atoms with Gasteiger partial charge in [0.25, 0.3) is 5.91 Å². The summed E-state index contributed by atoms with van der Waals surface area (Å²) in [6.45, 7) is 1.52. The molecule has 1 aromatic carbocycles. The van der Waals surface area contributed by atoms with E-state index in [2.05, 4.69) is 25.3 Å². The van der Waals surface area contributed by atoms with Crippen LogP contribution in [0.25, 0.3) is 0 Å². The molecule has 13 heteroatoms. The molecule has 38 heavy (non-hydrogen) atoms. The maximum atomic E-state index is 13.3. The first-order valence-electron chi connectivity index (χ1n) is 11.7. The van der Waals surface area contributed by atoms with E-state index in [0.717, 1.165) is 0 Å². The molecule has 11 nitrogen and oxygen atoms in total. The van der Waals surface area contributed by atoms with Crippen molar-refractivity contribution >= 4 is 42.7 Å². The molecule has 0 bridgehead atoms. The third kappa shape index (κ3) is 4.40. The van der Waals surface area contributed by atoms with E-state index in [-0.39, 0.29) is 29.4 Å².